The summed E-state index contributed by atoms with van der Waals surface area (Å²) in [6.07, 6.45) is 0. The lowest BCUT2D eigenvalue weighted by atomic mass is 9.91. The quantitative estimate of drug-likeness (QED) is 0.576. The number of carbonyl (C=O) groups excluding carboxylic acids is 3. The number of hydrogen-bond donors (Lipinski definition) is 1. The minimum atomic E-state index is -0.766. The summed E-state index contributed by atoms with van der Waals surface area (Å²) >= 11 is 0. The highest BCUT2D eigenvalue weighted by Gasteiger charge is 2.28. The Balaban J connectivity index is 2.25. The van der Waals surface area contributed by atoms with Crippen LogP contribution in [0.5, 0.6) is 5.75 Å². The predicted octanol–water partition coefficient (Wildman–Crippen LogP) is 4.50. The number of amides is 1. The van der Waals surface area contributed by atoms with E-state index in [1.807, 2.05) is 12.1 Å². The van der Waals surface area contributed by atoms with E-state index in [0.29, 0.717) is 22.4 Å². The summed E-state index contributed by atoms with van der Waals surface area (Å²) < 4.78 is 15.1. The van der Waals surface area contributed by atoms with Crippen molar-refractivity contribution in [2.45, 2.75) is 6.92 Å². The van der Waals surface area contributed by atoms with Crippen molar-refractivity contribution >= 4 is 23.5 Å². The van der Waals surface area contributed by atoms with Crippen LogP contribution in [0.1, 0.15) is 36.6 Å². The zero-order chi connectivity index (χ0) is 23.3. The molecular weight excluding hydrogens is 410 g/mol. The number of nitrogens with one attached hydrogen (secondary N) is 1. The zero-order valence-electron chi connectivity index (χ0n) is 18.2. The molecule has 0 unspecified atom stereocenters. The van der Waals surface area contributed by atoms with E-state index in [2.05, 4.69) is 5.32 Å². The van der Waals surface area contributed by atoms with Crippen molar-refractivity contribution in [3.05, 3.63) is 82.9 Å². The summed E-state index contributed by atoms with van der Waals surface area (Å²) in [4.78, 5) is 38.2. The van der Waals surface area contributed by atoms with Crippen LogP contribution in [0.15, 0.2) is 60.7 Å². The van der Waals surface area contributed by atoms with Crippen LogP contribution in [0.25, 0.3) is 11.1 Å². The number of esters is 2. The Kier molecular flexibility index (Phi) is 6.90. The molecule has 0 aliphatic rings. The molecule has 0 spiro atoms. The van der Waals surface area contributed by atoms with Gasteiger partial charge in [-0.3, -0.25) is 4.79 Å². The lowest BCUT2D eigenvalue weighted by molar-refractivity contribution is 0.0555. The molecule has 0 atom stereocenters. The third-order valence-corrected chi connectivity index (χ3v) is 5.05. The van der Waals surface area contributed by atoms with E-state index in [1.165, 1.54) is 14.2 Å². The van der Waals surface area contributed by atoms with Crippen LogP contribution in [0.4, 0.5) is 5.69 Å². The normalized spacial score (nSPS) is 10.2. The van der Waals surface area contributed by atoms with E-state index in [-0.39, 0.29) is 16.8 Å². The molecular formula is C25H23NO6. The summed E-state index contributed by atoms with van der Waals surface area (Å²) in [5.74, 6) is -1.24. The van der Waals surface area contributed by atoms with Crippen molar-refractivity contribution in [3.63, 3.8) is 0 Å². The second-order valence-electron chi connectivity index (χ2n) is 6.88. The highest BCUT2D eigenvalue weighted by atomic mass is 16.5. The Morgan fingerprint density at radius 2 is 1.38 bits per heavy atom. The number of benzene rings is 3. The first-order valence-electron chi connectivity index (χ1n) is 9.76. The van der Waals surface area contributed by atoms with Gasteiger partial charge in [0, 0.05) is 5.56 Å². The average molecular weight is 433 g/mol. The molecule has 3 rings (SSSR count). The molecule has 3 aromatic carbocycles. The van der Waals surface area contributed by atoms with Crippen LogP contribution in [0.3, 0.4) is 0 Å². The Labute approximate surface area is 185 Å². The molecule has 3 aromatic rings. The number of carbonyl (C=O) groups is 3. The fourth-order valence-electron chi connectivity index (χ4n) is 3.41. The molecule has 0 aliphatic heterocycles. The van der Waals surface area contributed by atoms with Crippen molar-refractivity contribution < 1.29 is 28.6 Å². The van der Waals surface area contributed by atoms with E-state index in [9.17, 15) is 14.4 Å². The molecule has 164 valence electrons. The molecule has 1 amide bonds. The van der Waals surface area contributed by atoms with Gasteiger partial charge in [0.1, 0.15) is 5.75 Å². The monoisotopic (exact) mass is 433 g/mol. The maximum absolute atomic E-state index is 12.8. The van der Waals surface area contributed by atoms with Gasteiger partial charge < -0.3 is 19.5 Å². The number of hydrogen-bond acceptors (Lipinski definition) is 6. The molecule has 0 bridgehead atoms. The van der Waals surface area contributed by atoms with E-state index in [1.54, 1.807) is 62.6 Å². The lowest BCUT2D eigenvalue weighted by Crippen LogP contribution is -2.20. The van der Waals surface area contributed by atoms with Gasteiger partial charge in [0.2, 0.25) is 0 Å². The lowest BCUT2D eigenvalue weighted by Gasteiger charge is -2.19. The van der Waals surface area contributed by atoms with Crippen molar-refractivity contribution in [2.24, 2.45) is 0 Å². The second kappa shape index (κ2) is 9.78. The third-order valence-electron chi connectivity index (χ3n) is 5.05. The summed E-state index contributed by atoms with van der Waals surface area (Å²) in [6, 6.07) is 17.4. The first-order chi connectivity index (χ1) is 15.4. The van der Waals surface area contributed by atoms with E-state index >= 15 is 0 Å². The highest BCUT2D eigenvalue weighted by molar-refractivity contribution is 6.14. The first kappa shape index (κ1) is 22.6. The Morgan fingerprint density at radius 1 is 0.781 bits per heavy atom. The number of methoxy groups -OCH3 is 3. The Bertz CT molecular complexity index is 1150. The van der Waals surface area contributed by atoms with Gasteiger partial charge in [-0.25, -0.2) is 9.59 Å². The SMILES string of the molecule is COC(=O)c1c(NC(=O)c2ccccc2)cc(-c2ccc(OC)cc2)c(C)c1C(=O)OC. The van der Waals surface area contributed by atoms with Crippen LogP contribution in [-0.2, 0) is 9.47 Å². The summed E-state index contributed by atoms with van der Waals surface area (Å²) in [6.45, 7) is 1.71. The molecule has 1 N–H and O–H groups in total. The van der Waals surface area contributed by atoms with Crippen molar-refractivity contribution in [2.75, 3.05) is 26.6 Å². The average Bonchev–Trinajstić information content (AvgIpc) is 2.84. The minimum Gasteiger partial charge on any atom is -0.497 e. The number of rotatable bonds is 6. The van der Waals surface area contributed by atoms with Crippen LogP contribution in [0.2, 0.25) is 0 Å². The number of ether oxygens (including phenoxy) is 3. The summed E-state index contributed by atoms with van der Waals surface area (Å²) in [5.41, 5.74) is 2.41. The Morgan fingerprint density at radius 3 is 1.94 bits per heavy atom. The summed E-state index contributed by atoms with van der Waals surface area (Å²) in [5, 5.41) is 2.75. The molecule has 0 saturated carbocycles. The topological polar surface area (TPSA) is 90.9 Å². The maximum Gasteiger partial charge on any atom is 0.340 e. The number of anilines is 1. The fraction of sp³-hybridized carbons (Fsp3) is 0.160. The van der Waals surface area contributed by atoms with E-state index in [0.717, 1.165) is 5.56 Å². The standard InChI is InChI=1S/C25H23NO6/c1-15-19(16-10-12-18(30-2)13-11-16)14-20(26-23(27)17-8-6-5-7-9-17)22(25(29)32-4)21(15)24(28)31-3/h5-14H,1-4H3,(H,26,27). The largest absolute Gasteiger partial charge is 0.497 e. The van der Waals surface area contributed by atoms with Gasteiger partial charge >= 0.3 is 11.9 Å². The van der Waals surface area contributed by atoms with Crippen LogP contribution < -0.4 is 10.1 Å². The summed E-state index contributed by atoms with van der Waals surface area (Å²) in [7, 11) is 4.00. The molecule has 0 aliphatic carbocycles. The van der Waals surface area contributed by atoms with Crippen molar-refractivity contribution in [1.82, 2.24) is 0 Å². The van der Waals surface area contributed by atoms with E-state index < -0.39 is 17.8 Å². The van der Waals surface area contributed by atoms with Gasteiger partial charge in [-0.2, -0.15) is 0 Å². The van der Waals surface area contributed by atoms with Gasteiger partial charge in [0.05, 0.1) is 38.1 Å². The highest BCUT2D eigenvalue weighted by Crippen LogP contribution is 2.35. The van der Waals surface area contributed by atoms with Crippen LogP contribution >= 0.6 is 0 Å². The smallest absolute Gasteiger partial charge is 0.340 e. The van der Waals surface area contributed by atoms with Crippen LogP contribution in [-0.4, -0.2) is 39.2 Å². The zero-order valence-corrected chi connectivity index (χ0v) is 18.2. The molecule has 32 heavy (non-hydrogen) atoms. The maximum atomic E-state index is 12.8. The van der Waals surface area contributed by atoms with Gasteiger partial charge in [0.15, 0.2) is 0 Å². The molecule has 0 radical (unpaired) electrons. The van der Waals surface area contributed by atoms with Gasteiger partial charge in [-0.15, -0.1) is 0 Å². The third kappa shape index (κ3) is 4.46. The van der Waals surface area contributed by atoms with Gasteiger partial charge in [-0.05, 0) is 53.9 Å². The molecule has 7 heteroatoms. The Hall–Kier alpha value is -4.13. The molecule has 0 aromatic heterocycles. The molecule has 0 saturated heterocycles. The van der Waals surface area contributed by atoms with Gasteiger partial charge in [0.25, 0.3) is 5.91 Å². The van der Waals surface area contributed by atoms with Crippen molar-refractivity contribution in [1.29, 1.82) is 0 Å². The van der Waals surface area contributed by atoms with E-state index in [4.69, 9.17) is 14.2 Å². The minimum absolute atomic E-state index is 0.0241. The fourth-order valence-corrected chi connectivity index (χ4v) is 3.41. The van der Waals surface area contributed by atoms with Gasteiger partial charge in [-0.1, -0.05) is 30.3 Å². The van der Waals surface area contributed by atoms with Crippen molar-refractivity contribution in [3.8, 4) is 16.9 Å². The first-order valence-corrected chi connectivity index (χ1v) is 9.76. The van der Waals surface area contributed by atoms with Crippen LogP contribution in [0, 0.1) is 6.92 Å². The predicted molar refractivity (Wildman–Crippen MR) is 120 cm³/mol. The molecule has 0 fully saturated rings. The molecule has 7 nitrogen and oxygen atoms in total. The second-order valence-corrected chi connectivity index (χ2v) is 6.88. The molecule has 0 heterocycles.